The van der Waals surface area contributed by atoms with E-state index in [1.165, 1.54) is 0 Å². The molecule has 1 aliphatic heterocycles. The van der Waals surface area contributed by atoms with Crippen LogP contribution >= 0.6 is 0 Å². The van der Waals surface area contributed by atoms with Crippen molar-refractivity contribution in [1.29, 1.82) is 5.26 Å². The van der Waals surface area contributed by atoms with E-state index in [1.54, 1.807) is 6.07 Å². The number of allylic oxidation sites excluding steroid dienone is 1. The summed E-state index contributed by atoms with van der Waals surface area (Å²) in [7, 11) is 0. The van der Waals surface area contributed by atoms with Gasteiger partial charge in [0.2, 0.25) is 6.30 Å². The third-order valence-corrected chi connectivity index (χ3v) is 1.83. The smallest absolute Gasteiger partial charge is 0.256 e. The summed E-state index contributed by atoms with van der Waals surface area (Å²) in [6.45, 7) is 0. The summed E-state index contributed by atoms with van der Waals surface area (Å²) < 4.78 is 49.8. The molecule has 0 bridgehead atoms. The van der Waals surface area contributed by atoms with Crippen LogP contribution in [0.4, 0.5) is 17.6 Å². The highest BCUT2D eigenvalue weighted by Gasteiger charge is 2.48. The van der Waals surface area contributed by atoms with Gasteiger partial charge < -0.3 is 0 Å². The second-order valence-corrected chi connectivity index (χ2v) is 2.77. The lowest BCUT2D eigenvalue weighted by atomic mass is 9.93. The first-order valence-electron chi connectivity index (χ1n) is 3.76. The van der Waals surface area contributed by atoms with Gasteiger partial charge in [-0.05, 0) is 11.6 Å². The zero-order valence-corrected chi connectivity index (χ0v) is 6.92. The highest BCUT2D eigenvalue weighted by Crippen LogP contribution is 2.38. The van der Waals surface area contributed by atoms with E-state index in [4.69, 9.17) is 5.26 Å². The van der Waals surface area contributed by atoms with Crippen LogP contribution in [0.2, 0.25) is 0 Å². The van der Waals surface area contributed by atoms with Crippen molar-refractivity contribution in [2.24, 2.45) is 10.9 Å². The number of aliphatic imine (C=N–C) groups is 1. The number of nitriles is 1. The van der Waals surface area contributed by atoms with Gasteiger partial charge in [-0.2, -0.15) is 18.4 Å². The lowest BCUT2D eigenvalue weighted by molar-refractivity contribution is -0.178. The molecule has 0 aromatic rings. The molecule has 1 aliphatic rings. The normalized spacial score (nSPS) is 26.9. The maximum absolute atomic E-state index is 12.8. The molecule has 0 aromatic heterocycles. The van der Waals surface area contributed by atoms with Crippen LogP contribution in [-0.4, -0.2) is 18.7 Å². The number of hydrogen-bond donors (Lipinski definition) is 0. The number of dihydropyridines is 1. The average molecular weight is 206 g/mol. The van der Waals surface area contributed by atoms with Crippen molar-refractivity contribution in [3.8, 4) is 6.07 Å². The summed E-state index contributed by atoms with van der Waals surface area (Å²) in [5, 5.41) is 8.26. The van der Waals surface area contributed by atoms with Crippen LogP contribution in [-0.2, 0) is 0 Å². The van der Waals surface area contributed by atoms with Gasteiger partial charge in [-0.3, -0.25) is 4.99 Å². The summed E-state index contributed by atoms with van der Waals surface area (Å²) >= 11 is 0. The Hall–Kier alpha value is -1.38. The van der Waals surface area contributed by atoms with Gasteiger partial charge in [0.15, 0.2) is 0 Å². The molecule has 0 fully saturated rings. The molecule has 1 heterocycles. The summed E-state index contributed by atoms with van der Waals surface area (Å²) in [5.41, 5.74) is -0.275. The second-order valence-electron chi connectivity index (χ2n) is 2.77. The molecule has 0 aliphatic carbocycles. The van der Waals surface area contributed by atoms with Gasteiger partial charge in [-0.1, -0.05) is 0 Å². The fourth-order valence-electron chi connectivity index (χ4n) is 1.21. The van der Waals surface area contributed by atoms with Gasteiger partial charge in [-0.25, -0.2) is 4.39 Å². The first-order chi connectivity index (χ1) is 6.46. The maximum atomic E-state index is 12.8. The topological polar surface area (TPSA) is 36.1 Å². The van der Waals surface area contributed by atoms with Gasteiger partial charge in [0.25, 0.3) is 0 Å². The fourth-order valence-corrected chi connectivity index (χ4v) is 1.21. The van der Waals surface area contributed by atoms with Crippen LogP contribution in [0.15, 0.2) is 16.6 Å². The minimum Gasteiger partial charge on any atom is -0.256 e. The highest BCUT2D eigenvalue weighted by atomic mass is 19.4. The number of nitrogens with zero attached hydrogens (tertiary/aromatic N) is 2. The summed E-state index contributed by atoms with van der Waals surface area (Å²) in [6.07, 6.45) is -5.46. The van der Waals surface area contributed by atoms with Crippen LogP contribution in [0.25, 0.3) is 0 Å². The van der Waals surface area contributed by atoms with E-state index in [2.05, 4.69) is 4.99 Å². The zero-order valence-electron chi connectivity index (χ0n) is 6.92. The van der Waals surface area contributed by atoms with E-state index in [0.717, 1.165) is 12.3 Å². The third-order valence-electron chi connectivity index (χ3n) is 1.83. The predicted octanol–water partition coefficient (Wildman–Crippen LogP) is 2.38. The van der Waals surface area contributed by atoms with Crippen LogP contribution in [0.1, 0.15) is 6.42 Å². The molecule has 0 saturated heterocycles. The molecule has 6 heteroatoms. The van der Waals surface area contributed by atoms with E-state index < -0.39 is 24.8 Å². The van der Waals surface area contributed by atoms with Crippen molar-refractivity contribution >= 4 is 6.21 Å². The summed E-state index contributed by atoms with van der Waals surface area (Å²) in [6, 6.07) is 1.56. The molecule has 0 radical (unpaired) electrons. The number of halogens is 4. The van der Waals surface area contributed by atoms with E-state index in [1.807, 2.05) is 0 Å². The van der Waals surface area contributed by atoms with E-state index in [-0.39, 0.29) is 5.57 Å². The molecular formula is C8H6F4N2. The van der Waals surface area contributed by atoms with Crippen molar-refractivity contribution in [2.45, 2.75) is 18.9 Å². The average Bonchev–Trinajstić information content (AvgIpc) is 2.02. The van der Waals surface area contributed by atoms with Gasteiger partial charge in [0.05, 0.1) is 12.5 Å². The molecule has 0 N–H and O–H groups in total. The quantitative estimate of drug-likeness (QED) is 0.479. The van der Waals surface area contributed by atoms with Crippen molar-refractivity contribution < 1.29 is 17.6 Å². The molecule has 0 amide bonds. The Kier molecular flexibility index (Phi) is 2.89. The minimum absolute atomic E-state index is 0.275. The molecule has 2 atom stereocenters. The summed E-state index contributed by atoms with van der Waals surface area (Å²) in [5.74, 6) is -2.27. The van der Waals surface area contributed by atoms with Gasteiger partial charge in [0, 0.05) is 6.21 Å². The first-order valence-corrected chi connectivity index (χ1v) is 3.76. The van der Waals surface area contributed by atoms with E-state index >= 15 is 0 Å². The summed E-state index contributed by atoms with van der Waals surface area (Å²) in [4.78, 5) is 3.01. The van der Waals surface area contributed by atoms with Crippen molar-refractivity contribution in [3.05, 3.63) is 11.6 Å². The molecule has 0 aromatic carbocycles. The molecule has 1 rings (SSSR count). The number of hydrogen-bond acceptors (Lipinski definition) is 2. The Bertz CT molecular complexity index is 310. The van der Waals surface area contributed by atoms with Crippen molar-refractivity contribution in [1.82, 2.24) is 0 Å². The number of alkyl halides is 4. The molecule has 76 valence electrons. The lowest BCUT2D eigenvalue weighted by Crippen LogP contribution is -2.34. The van der Waals surface area contributed by atoms with Crippen LogP contribution in [0, 0.1) is 17.2 Å². The second kappa shape index (κ2) is 3.78. The third kappa shape index (κ3) is 2.10. The first kappa shape index (κ1) is 10.7. The predicted molar refractivity (Wildman–Crippen MR) is 41.2 cm³/mol. The lowest BCUT2D eigenvalue weighted by Gasteiger charge is -2.24. The fraction of sp³-hybridized carbons (Fsp3) is 0.500. The van der Waals surface area contributed by atoms with E-state index in [9.17, 15) is 17.6 Å². The maximum Gasteiger partial charge on any atom is 0.400 e. The van der Waals surface area contributed by atoms with Crippen LogP contribution < -0.4 is 0 Å². The van der Waals surface area contributed by atoms with E-state index in [0.29, 0.717) is 0 Å². The minimum atomic E-state index is -4.69. The Morgan fingerprint density at radius 2 is 2.14 bits per heavy atom. The van der Waals surface area contributed by atoms with Gasteiger partial charge >= 0.3 is 6.18 Å². The van der Waals surface area contributed by atoms with Gasteiger partial charge in [-0.15, -0.1) is 0 Å². The monoisotopic (exact) mass is 206 g/mol. The molecule has 2 unspecified atom stereocenters. The Labute approximate surface area is 77.5 Å². The van der Waals surface area contributed by atoms with Gasteiger partial charge in [0.1, 0.15) is 5.92 Å². The molecular weight excluding hydrogens is 200 g/mol. The van der Waals surface area contributed by atoms with Crippen LogP contribution in [0.3, 0.4) is 0 Å². The molecule has 2 nitrogen and oxygen atoms in total. The Balaban J connectivity index is 2.96. The standard InChI is InChI=1S/C8H6F4N2/c9-7-6(8(10,11)12)5(1-3-13)2-4-14-7/h2,4,6-7H,1H2. The van der Waals surface area contributed by atoms with Crippen molar-refractivity contribution in [2.75, 3.05) is 0 Å². The SMILES string of the molecule is N#CCC1=CC=NC(F)C1C(F)(F)F. The highest BCUT2D eigenvalue weighted by molar-refractivity contribution is 5.74. The number of rotatable bonds is 1. The largest absolute Gasteiger partial charge is 0.400 e. The van der Waals surface area contributed by atoms with Crippen LogP contribution in [0.5, 0.6) is 0 Å². The molecule has 14 heavy (non-hydrogen) atoms. The molecule has 0 spiro atoms. The van der Waals surface area contributed by atoms with Crippen molar-refractivity contribution in [3.63, 3.8) is 0 Å². The molecule has 0 saturated carbocycles. The Morgan fingerprint density at radius 3 is 2.64 bits per heavy atom. The zero-order chi connectivity index (χ0) is 10.8. The Morgan fingerprint density at radius 1 is 1.50 bits per heavy atom.